The lowest BCUT2D eigenvalue weighted by Gasteiger charge is -2.15. The molecule has 0 spiro atoms. The lowest BCUT2D eigenvalue weighted by molar-refractivity contribution is -0.138. The molecular formula is C16H13F3N2O2. The van der Waals surface area contributed by atoms with Crippen molar-refractivity contribution in [3.63, 3.8) is 0 Å². The Morgan fingerprint density at radius 3 is 2.39 bits per heavy atom. The maximum absolute atomic E-state index is 13.1. The molecule has 0 unspecified atom stereocenters. The molecule has 7 heteroatoms. The zero-order valence-corrected chi connectivity index (χ0v) is 12.1. The number of aryl methyl sites for hydroxylation is 1. The second kappa shape index (κ2) is 6.51. The molecular weight excluding hydrogens is 309 g/mol. The number of hydrogen-bond donors (Lipinski definition) is 2. The van der Waals surface area contributed by atoms with Crippen molar-refractivity contribution in [2.75, 3.05) is 10.6 Å². The molecule has 0 bridgehead atoms. The molecule has 2 aromatic rings. The van der Waals surface area contributed by atoms with E-state index >= 15 is 0 Å². The van der Waals surface area contributed by atoms with Crippen LogP contribution >= 0.6 is 0 Å². The molecule has 0 aliphatic rings. The predicted octanol–water partition coefficient (Wildman–Crippen LogP) is 3.83. The summed E-state index contributed by atoms with van der Waals surface area (Å²) in [5, 5.41) is 4.80. The zero-order valence-electron chi connectivity index (χ0n) is 12.1. The minimum Gasteiger partial charge on any atom is -0.329 e. The van der Waals surface area contributed by atoms with Crippen LogP contribution in [-0.4, -0.2) is 12.3 Å². The van der Waals surface area contributed by atoms with Gasteiger partial charge in [0.05, 0.1) is 11.1 Å². The van der Waals surface area contributed by atoms with Crippen molar-refractivity contribution in [3.05, 3.63) is 59.2 Å². The van der Waals surface area contributed by atoms with Crippen LogP contribution in [0.25, 0.3) is 0 Å². The van der Waals surface area contributed by atoms with Gasteiger partial charge in [-0.2, -0.15) is 13.2 Å². The maximum Gasteiger partial charge on any atom is 0.417 e. The highest BCUT2D eigenvalue weighted by Gasteiger charge is 2.36. The number of amides is 2. The largest absolute Gasteiger partial charge is 0.417 e. The molecule has 0 atom stereocenters. The summed E-state index contributed by atoms with van der Waals surface area (Å²) in [5.74, 6) is -0.871. The first kappa shape index (κ1) is 16.5. The first-order chi connectivity index (χ1) is 10.8. The molecule has 4 nitrogen and oxygen atoms in total. The minimum atomic E-state index is -4.63. The highest BCUT2D eigenvalue weighted by atomic mass is 19.4. The van der Waals surface area contributed by atoms with Gasteiger partial charge in [-0.15, -0.1) is 0 Å². The van der Waals surface area contributed by atoms with Gasteiger partial charge >= 0.3 is 6.18 Å². The van der Waals surface area contributed by atoms with E-state index in [9.17, 15) is 22.8 Å². The van der Waals surface area contributed by atoms with Gasteiger partial charge in [-0.05, 0) is 36.8 Å². The van der Waals surface area contributed by atoms with E-state index in [0.717, 1.165) is 6.07 Å². The summed E-state index contributed by atoms with van der Waals surface area (Å²) < 4.78 is 39.4. The topological polar surface area (TPSA) is 58.2 Å². The fourth-order valence-corrected chi connectivity index (χ4v) is 2.19. The van der Waals surface area contributed by atoms with Crippen LogP contribution in [0.15, 0.2) is 42.5 Å². The fraction of sp³-hybridized carbons (Fsp3) is 0.125. The van der Waals surface area contributed by atoms with Gasteiger partial charge in [0.15, 0.2) is 0 Å². The van der Waals surface area contributed by atoms with Gasteiger partial charge in [0.2, 0.25) is 6.41 Å². The number of hydrogen-bond acceptors (Lipinski definition) is 2. The molecule has 2 amide bonds. The van der Waals surface area contributed by atoms with E-state index < -0.39 is 23.2 Å². The highest BCUT2D eigenvalue weighted by molar-refractivity contribution is 6.05. The molecule has 120 valence electrons. The van der Waals surface area contributed by atoms with E-state index in [1.165, 1.54) is 31.2 Å². The van der Waals surface area contributed by atoms with Crippen molar-refractivity contribution < 1.29 is 22.8 Å². The normalized spacial score (nSPS) is 11.0. The van der Waals surface area contributed by atoms with Gasteiger partial charge in [0, 0.05) is 11.4 Å². The summed E-state index contributed by atoms with van der Waals surface area (Å²) in [4.78, 5) is 22.6. The summed E-state index contributed by atoms with van der Waals surface area (Å²) in [5.41, 5.74) is -0.748. The Morgan fingerprint density at radius 1 is 1.09 bits per heavy atom. The number of alkyl halides is 3. The Hall–Kier alpha value is -2.83. The van der Waals surface area contributed by atoms with Crippen LogP contribution < -0.4 is 10.6 Å². The second-order valence-corrected chi connectivity index (χ2v) is 4.79. The van der Waals surface area contributed by atoms with Gasteiger partial charge < -0.3 is 10.6 Å². The number of benzene rings is 2. The summed E-state index contributed by atoms with van der Waals surface area (Å²) in [6.45, 7) is 1.30. The summed E-state index contributed by atoms with van der Waals surface area (Å²) >= 11 is 0. The minimum absolute atomic E-state index is 0.0264. The predicted molar refractivity (Wildman–Crippen MR) is 80.3 cm³/mol. The molecule has 0 aliphatic heterocycles. The average Bonchev–Trinajstić information content (AvgIpc) is 2.46. The molecule has 0 aliphatic carbocycles. The van der Waals surface area contributed by atoms with E-state index in [-0.39, 0.29) is 11.3 Å². The third-order valence-corrected chi connectivity index (χ3v) is 3.15. The molecule has 0 heterocycles. The van der Waals surface area contributed by atoms with Gasteiger partial charge in [0.25, 0.3) is 5.91 Å². The van der Waals surface area contributed by atoms with Gasteiger partial charge in [0.1, 0.15) is 0 Å². The molecule has 2 rings (SSSR count). The Bertz CT molecular complexity index is 742. The fourth-order valence-electron chi connectivity index (χ4n) is 2.19. The van der Waals surface area contributed by atoms with E-state index in [0.29, 0.717) is 12.1 Å². The standard InChI is InChI=1S/C16H13F3N2O2/c1-10-4-2-7-13(14(10)16(17,18)19)15(23)21-12-6-3-5-11(8-12)20-9-22/h2-9H,1H3,(H,20,22)(H,21,23). The van der Waals surface area contributed by atoms with E-state index in [2.05, 4.69) is 10.6 Å². The van der Waals surface area contributed by atoms with Crippen molar-refractivity contribution in [1.29, 1.82) is 0 Å². The van der Waals surface area contributed by atoms with Crippen LogP contribution in [0.4, 0.5) is 24.5 Å². The number of rotatable bonds is 4. The quantitative estimate of drug-likeness (QED) is 0.840. The Kier molecular flexibility index (Phi) is 4.68. The van der Waals surface area contributed by atoms with Gasteiger partial charge in [-0.3, -0.25) is 9.59 Å². The molecule has 0 saturated heterocycles. The number of halogens is 3. The molecule has 0 fully saturated rings. The Labute approximate surface area is 130 Å². The number of nitrogens with one attached hydrogen (secondary N) is 2. The second-order valence-electron chi connectivity index (χ2n) is 4.79. The van der Waals surface area contributed by atoms with Crippen LogP contribution in [0.2, 0.25) is 0 Å². The Morgan fingerprint density at radius 2 is 1.74 bits per heavy atom. The first-order valence-corrected chi connectivity index (χ1v) is 6.61. The third kappa shape index (κ3) is 3.88. The van der Waals surface area contributed by atoms with Crippen LogP contribution in [0, 0.1) is 6.92 Å². The van der Waals surface area contributed by atoms with Crippen LogP contribution in [0.1, 0.15) is 21.5 Å². The molecule has 23 heavy (non-hydrogen) atoms. The van der Waals surface area contributed by atoms with Gasteiger partial charge in [-0.25, -0.2) is 0 Å². The Balaban J connectivity index is 2.33. The van der Waals surface area contributed by atoms with Crippen molar-refractivity contribution in [3.8, 4) is 0 Å². The monoisotopic (exact) mass is 322 g/mol. The number of carbonyl (C=O) groups excluding carboxylic acids is 2. The molecule has 0 radical (unpaired) electrons. The highest BCUT2D eigenvalue weighted by Crippen LogP contribution is 2.34. The van der Waals surface area contributed by atoms with Crippen molar-refractivity contribution in [2.24, 2.45) is 0 Å². The van der Waals surface area contributed by atoms with Crippen molar-refractivity contribution >= 4 is 23.7 Å². The first-order valence-electron chi connectivity index (χ1n) is 6.61. The van der Waals surface area contributed by atoms with Crippen molar-refractivity contribution in [1.82, 2.24) is 0 Å². The third-order valence-electron chi connectivity index (χ3n) is 3.15. The lowest BCUT2D eigenvalue weighted by atomic mass is 10.0. The molecule has 2 N–H and O–H groups in total. The number of carbonyl (C=O) groups is 2. The summed E-state index contributed by atoms with van der Waals surface area (Å²) in [6.07, 6.45) is -4.16. The number of anilines is 2. The summed E-state index contributed by atoms with van der Waals surface area (Å²) in [6, 6.07) is 9.91. The van der Waals surface area contributed by atoms with Gasteiger partial charge in [-0.1, -0.05) is 18.2 Å². The van der Waals surface area contributed by atoms with E-state index in [1.807, 2.05) is 0 Å². The maximum atomic E-state index is 13.1. The molecule has 0 saturated carbocycles. The van der Waals surface area contributed by atoms with Crippen LogP contribution in [-0.2, 0) is 11.0 Å². The summed E-state index contributed by atoms with van der Waals surface area (Å²) in [7, 11) is 0. The van der Waals surface area contributed by atoms with E-state index in [4.69, 9.17) is 0 Å². The molecule has 0 aromatic heterocycles. The van der Waals surface area contributed by atoms with Crippen LogP contribution in [0.5, 0.6) is 0 Å². The molecule has 2 aromatic carbocycles. The average molecular weight is 322 g/mol. The van der Waals surface area contributed by atoms with Crippen molar-refractivity contribution in [2.45, 2.75) is 13.1 Å². The smallest absolute Gasteiger partial charge is 0.329 e. The van der Waals surface area contributed by atoms with E-state index in [1.54, 1.807) is 12.1 Å². The zero-order chi connectivity index (χ0) is 17.0. The SMILES string of the molecule is Cc1cccc(C(=O)Nc2cccc(NC=O)c2)c1C(F)(F)F. The lowest BCUT2D eigenvalue weighted by Crippen LogP contribution is -2.20. The van der Waals surface area contributed by atoms with Crippen LogP contribution in [0.3, 0.4) is 0 Å².